The number of rotatable bonds is 9. The molecule has 0 bridgehead atoms. The second-order valence-corrected chi connectivity index (χ2v) is 14.6. The first-order valence-electron chi connectivity index (χ1n) is 10.5. The van der Waals surface area contributed by atoms with E-state index < -0.39 is 8.32 Å². The van der Waals surface area contributed by atoms with E-state index >= 15 is 0 Å². The Morgan fingerprint density at radius 3 is 2.41 bits per heavy atom. The molecular formula is C23H40O3Si. The molecule has 0 spiro atoms. The Morgan fingerprint density at radius 2 is 1.78 bits per heavy atom. The molecule has 3 nitrogen and oxygen atoms in total. The fourth-order valence-corrected chi connectivity index (χ4v) is 4.35. The summed E-state index contributed by atoms with van der Waals surface area (Å²) < 4.78 is 18.8. The highest BCUT2D eigenvalue weighted by atomic mass is 28.4. The van der Waals surface area contributed by atoms with Gasteiger partial charge in [0.05, 0.1) is 24.9 Å². The predicted octanol–water partition coefficient (Wildman–Crippen LogP) is 6.19. The highest BCUT2D eigenvalue weighted by molar-refractivity contribution is 6.74. The number of benzene rings is 1. The van der Waals surface area contributed by atoms with E-state index in [1.165, 1.54) is 5.56 Å². The topological polar surface area (TPSA) is 27.7 Å². The van der Waals surface area contributed by atoms with Crippen molar-refractivity contribution in [3.8, 4) is 0 Å². The van der Waals surface area contributed by atoms with Crippen molar-refractivity contribution < 1.29 is 13.9 Å². The lowest BCUT2D eigenvalue weighted by Crippen LogP contribution is -2.42. The summed E-state index contributed by atoms with van der Waals surface area (Å²) >= 11 is 0. The highest BCUT2D eigenvalue weighted by Gasteiger charge is 2.38. The van der Waals surface area contributed by atoms with Gasteiger partial charge in [-0.05, 0) is 49.9 Å². The van der Waals surface area contributed by atoms with Crippen LogP contribution in [0, 0.1) is 5.92 Å². The zero-order chi connectivity index (χ0) is 20.1. The van der Waals surface area contributed by atoms with Crippen molar-refractivity contribution in [3.05, 3.63) is 35.9 Å². The van der Waals surface area contributed by atoms with Crippen LogP contribution in [0.1, 0.15) is 59.4 Å². The van der Waals surface area contributed by atoms with Crippen LogP contribution in [0.2, 0.25) is 18.1 Å². The summed E-state index contributed by atoms with van der Waals surface area (Å²) in [4.78, 5) is 0. The molecule has 1 saturated heterocycles. The first kappa shape index (κ1) is 22.6. The molecule has 2 rings (SSSR count). The molecule has 4 heteroatoms. The lowest BCUT2D eigenvalue weighted by molar-refractivity contribution is -0.0341. The maximum Gasteiger partial charge on any atom is 0.191 e. The second-order valence-electron chi connectivity index (χ2n) is 9.77. The van der Waals surface area contributed by atoms with Crippen LogP contribution in [0.5, 0.6) is 0 Å². The van der Waals surface area contributed by atoms with Crippen molar-refractivity contribution in [1.29, 1.82) is 0 Å². The molecule has 0 aliphatic carbocycles. The predicted molar refractivity (Wildman–Crippen MR) is 116 cm³/mol. The lowest BCUT2D eigenvalue weighted by atomic mass is 10.0. The summed E-state index contributed by atoms with van der Waals surface area (Å²) in [5, 5.41) is 0.261. The lowest BCUT2D eigenvalue weighted by Gasteiger charge is -2.37. The molecule has 1 aliphatic rings. The van der Waals surface area contributed by atoms with Crippen molar-refractivity contribution >= 4 is 8.32 Å². The minimum absolute atomic E-state index is 0.216. The monoisotopic (exact) mass is 392 g/mol. The Kier molecular flexibility index (Phi) is 8.11. The average molecular weight is 393 g/mol. The fourth-order valence-electron chi connectivity index (χ4n) is 3.24. The van der Waals surface area contributed by atoms with Crippen LogP contribution in [-0.4, -0.2) is 33.2 Å². The Morgan fingerprint density at radius 1 is 1.11 bits per heavy atom. The summed E-state index contributed by atoms with van der Waals surface area (Å²) in [6, 6.07) is 10.4. The molecule has 0 saturated carbocycles. The van der Waals surface area contributed by atoms with Crippen molar-refractivity contribution in [3.63, 3.8) is 0 Å². The first-order valence-corrected chi connectivity index (χ1v) is 13.4. The SMILES string of the molecule is C[C@@H](C[C@@H]1CC[C@H]([C@@H](C)CO[Si](C)(C)C(C)(C)C)O1)OCc1ccccc1. The Bertz CT molecular complexity index is 552. The molecule has 0 N–H and O–H groups in total. The number of hydrogen-bond donors (Lipinski definition) is 0. The van der Waals surface area contributed by atoms with Crippen LogP contribution < -0.4 is 0 Å². The Balaban J connectivity index is 1.71. The van der Waals surface area contributed by atoms with E-state index in [1.54, 1.807) is 0 Å². The molecule has 0 amide bonds. The molecule has 1 fully saturated rings. The van der Waals surface area contributed by atoms with Crippen molar-refractivity contribution in [1.82, 2.24) is 0 Å². The number of ether oxygens (including phenoxy) is 2. The maximum absolute atomic E-state index is 6.41. The Hall–Kier alpha value is -0.683. The standard InChI is InChI=1S/C23H40O3Si/c1-18(16-25-27(6,7)23(3,4)5)22-14-13-21(26-22)15-19(2)24-17-20-11-9-8-10-12-20/h8-12,18-19,21-22H,13-17H2,1-7H3/t18-,19-,21-,22+/m0/s1. The van der Waals surface area contributed by atoms with E-state index in [4.69, 9.17) is 13.9 Å². The van der Waals surface area contributed by atoms with Gasteiger partial charge in [0.2, 0.25) is 0 Å². The van der Waals surface area contributed by atoms with E-state index in [-0.39, 0.29) is 11.1 Å². The molecule has 1 heterocycles. The molecular weight excluding hydrogens is 352 g/mol. The summed E-state index contributed by atoms with van der Waals surface area (Å²) in [5.74, 6) is 0.449. The molecule has 1 aliphatic heterocycles. The minimum Gasteiger partial charge on any atom is -0.416 e. The third-order valence-corrected chi connectivity index (χ3v) is 10.8. The van der Waals surface area contributed by atoms with E-state index in [0.29, 0.717) is 24.7 Å². The second kappa shape index (κ2) is 9.68. The Labute approximate surface area is 167 Å². The molecule has 4 atom stereocenters. The third-order valence-electron chi connectivity index (χ3n) is 6.26. The van der Waals surface area contributed by atoms with Gasteiger partial charge in [0, 0.05) is 12.5 Å². The van der Waals surface area contributed by atoms with Crippen LogP contribution in [-0.2, 0) is 20.5 Å². The molecule has 1 aromatic rings. The van der Waals surface area contributed by atoms with E-state index in [1.807, 2.05) is 6.07 Å². The molecule has 0 aromatic heterocycles. The van der Waals surface area contributed by atoms with E-state index in [0.717, 1.165) is 25.9 Å². The zero-order valence-corrected chi connectivity index (χ0v) is 19.5. The van der Waals surface area contributed by atoms with Gasteiger partial charge < -0.3 is 13.9 Å². The van der Waals surface area contributed by atoms with Gasteiger partial charge in [0.25, 0.3) is 0 Å². The van der Waals surface area contributed by atoms with Crippen LogP contribution in [0.4, 0.5) is 0 Å². The largest absolute Gasteiger partial charge is 0.416 e. The van der Waals surface area contributed by atoms with Gasteiger partial charge >= 0.3 is 0 Å². The van der Waals surface area contributed by atoms with Crippen LogP contribution in [0.3, 0.4) is 0 Å². The van der Waals surface area contributed by atoms with Gasteiger partial charge in [-0.25, -0.2) is 0 Å². The summed E-state index contributed by atoms with van der Waals surface area (Å²) in [7, 11) is -1.68. The van der Waals surface area contributed by atoms with Gasteiger partial charge in [0.1, 0.15) is 0 Å². The zero-order valence-electron chi connectivity index (χ0n) is 18.5. The molecule has 27 heavy (non-hydrogen) atoms. The van der Waals surface area contributed by atoms with Gasteiger partial charge in [-0.2, -0.15) is 0 Å². The molecule has 0 unspecified atom stereocenters. The fraction of sp³-hybridized carbons (Fsp3) is 0.739. The van der Waals surface area contributed by atoms with E-state index in [2.05, 4.69) is 72.0 Å². The average Bonchev–Trinajstić information content (AvgIpc) is 3.06. The third kappa shape index (κ3) is 7.01. The smallest absolute Gasteiger partial charge is 0.191 e. The molecule has 1 aromatic carbocycles. The van der Waals surface area contributed by atoms with E-state index in [9.17, 15) is 0 Å². The summed E-state index contributed by atoms with van der Waals surface area (Å²) in [5.41, 5.74) is 1.23. The minimum atomic E-state index is -1.68. The molecule has 0 radical (unpaired) electrons. The maximum atomic E-state index is 6.41. The number of hydrogen-bond acceptors (Lipinski definition) is 3. The van der Waals surface area contributed by atoms with Gasteiger partial charge in [-0.3, -0.25) is 0 Å². The summed E-state index contributed by atoms with van der Waals surface area (Å²) in [6.07, 6.45) is 4.09. The van der Waals surface area contributed by atoms with Gasteiger partial charge in [-0.15, -0.1) is 0 Å². The first-order chi connectivity index (χ1) is 12.6. The van der Waals surface area contributed by atoms with Gasteiger partial charge in [0.15, 0.2) is 8.32 Å². The summed E-state index contributed by atoms with van der Waals surface area (Å²) in [6.45, 7) is 17.4. The van der Waals surface area contributed by atoms with Crippen LogP contribution >= 0.6 is 0 Å². The van der Waals surface area contributed by atoms with Crippen molar-refractivity contribution in [2.24, 2.45) is 5.92 Å². The van der Waals surface area contributed by atoms with Crippen molar-refractivity contribution in [2.75, 3.05) is 6.61 Å². The van der Waals surface area contributed by atoms with Gasteiger partial charge in [-0.1, -0.05) is 58.0 Å². The highest BCUT2D eigenvalue weighted by Crippen LogP contribution is 2.37. The normalized spacial score (nSPS) is 23.4. The van der Waals surface area contributed by atoms with Crippen LogP contribution in [0.15, 0.2) is 30.3 Å². The van der Waals surface area contributed by atoms with Crippen LogP contribution in [0.25, 0.3) is 0 Å². The molecule has 154 valence electrons. The quantitative estimate of drug-likeness (QED) is 0.469. The van der Waals surface area contributed by atoms with Crippen molar-refractivity contribution in [2.45, 2.75) is 96.9 Å².